The first-order valence-electron chi connectivity index (χ1n) is 19.2. The topological polar surface area (TPSA) is 233 Å². The Hall–Kier alpha value is -1.99. The Bertz CT molecular complexity index is 1290. The summed E-state index contributed by atoms with van der Waals surface area (Å²) in [5.74, 6) is -5.00. The van der Waals surface area contributed by atoms with Gasteiger partial charge in [0.05, 0.1) is 53.7 Å². The molecule has 0 amide bonds. The minimum atomic E-state index is -1.99. The van der Waals surface area contributed by atoms with Gasteiger partial charge in [-0.15, -0.1) is 0 Å². The first-order valence-corrected chi connectivity index (χ1v) is 19.2. The fourth-order valence-electron chi connectivity index (χ4n) is 8.63. The molecule has 0 aliphatic carbocycles. The van der Waals surface area contributed by atoms with Crippen LogP contribution in [0, 0.1) is 29.1 Å². The fraction of sp³-hybridized carbons (Fsp3) is 0.921. The summed E-state index contributed by atoms with van der Waals surface area (Å²) in [6, 6.07) is -0.642. The maximum atomic E-state index is 14.2. The van der Waals surface area contributed by atoms with E-state index in [0.29, 0.717) is 6.42 Å². The number of guanidine groups is 1. The molecule has 3 rings (SSSR count). The number of Topliss-reactive ketones (excluding diaryl/α,β-unsaturated/α-hetero) is 1. The zero-order chi connectivity index (χ0) is 41.2. The molecule has 0 aromatic heterocycles. The summed E-state index contributed by atoms with van der Waals surface area (Å²) in [5, 5.41) is 53.7. The van der Waals surface area contributed by atoms with Gasteiger partial charge in [0.25, 0.3) is 0 Å². The van der Waals surface area contributed by atoms with Gasteiger partial charge in [0.1, 0.15) is 29.7 Å². The molecule has 3 heterocycles. The summed E-state index contributed by atoms with van der Waals surface area (Å²) < 4.78 is 43.7. The van der Waals surface area contributed by atoms with E-state index in [1.54, 1.807) is 55.5 Å². The van der Waals surface area contributed by atoms with E-state index in [2.05, 4.69) is 0 Å². The number of nitrogens with zero attached hydrogens (tertiary/aromatic N) is 1. The van der Waals surface area contributed by atoms with E-state index in [-0.39, 0.29) is 31.0 Å². The van der Waals surface area contributed by atoms with Crippen LogP contribution in [0.2, 0.25) is 0 Å². The third kappa shape index (κ3) is 9.57. The Morgan fingerprint density at radius 3 is 2.06 bits per heavy atom. The van der Waals surface area contributed by atoms with Crippen LogP contribution in [0.4, 0.5) is 0 Å². The standard InChI is InChI=1S/C38H69N3O13/c1-14-25-38(10,47)30(44)20(4)27(42)18(2)16-37(9,49-13)32(54-34-28(43)24(15-19(3)50-34)41(11)35(39)40)21(5)29(22(6)33(46)52-25)53-26-17-36(8,48-12)31(45)23(7)51-26/h18-26,28-32,34,43-45,47H,14-17H2,1-13H3,(H3,39,40)/t18-,19-,20+,21+,22-,23+,24+,25-,26+,28-,29+,30-,31+,32-,34+,36-,37-,38-/m1/s1. The second kappa shape index (κ2) is 18.1. The highest BCUT2D eigenvalue weighted by atomic mass is 16.7. The number of carbonyl (C=O) groups is 2. The van der Waals surface area contributed by atoms with Gasteiger partial charge < -0.3 is 64.2 Å². The van der Waals surface area contributed by atoms with Crippen LogP contribution in [-0.4, -0.2) is 149 Å². The third-order valence-corrected chi connectivity index (χ3v) is 12.5. The number of rotatable bonds is 8. The maximum Gasteiger partial charge on any atom is 0.311 e. The number of ketones is 1. The second-order valence-corrected chi connectivity index (χ2v) is 16.7. The van der Waals surface area contributed by atoms with Crippen LogP contribution >= 0.6 is 0 Å². The van der Waals surface area contributed by atoms with Gasteiger partial charge >= 0.3 is 5.97 Å². The fourth-order valence-corrected chi connectivity index (χ4v) is 8.63. The highest BCUT2D eigenvalue weighted by Crippen LogP contribution is 2.42. The molecule has 16 nitrogen and oxygen atoms in total. The van der Waals surface area contributed by atoms with Gasteiger partial charge in [-0.2, -0.15) is 0 Å². The number of aliphatic hydroxyl groups is 4. The molecular formula is C38H69N3O13. The largest absolute Gasteiger partial charge is 0.459 e. The summed E-state index contributed by atoms with van der Waals surface area (Å²) in [7, 11) is 4.56. The van der Waals surface area contributed by atoms with E-state index in [9.17, 15) is 30.0 Å². The summed E-state index contributed by atoms with van der Waals surface area (Å²) in [5.41, 5.74) is 1.44. The Morgan fingerprint density at radius 1 is 0.926 bits per heavy atom. The van der Waals surface area contributed by atoms with Crippen molar-refractivity contribution in [2.24, 2.45) is 29.4 Å². The van der Waals surface area contributed by atoms with E-state index < -0.39 is 114 Å². The molecule has 18 atom stereocenters. The van der Waals surface area contributed by atoms with Crippen molar-refractivity contribution in [3.05, 3.63) is 0 Å². The Morgan fingerprint density at radius 2 is 1.52 bits per heavy atom. The van der Waals surface area contributed by atoms with Crippen molar-refractivity contribution in [3.63, 3.8) is 0 Å². The molecule has 3 saturated heterocycles. The number of carbonyl (C=O) groups excluding carboxylic acids is 2. The lowest BCUT2D eigenvalue weighted by Crippen LogP contribution is -2.62. The van der Waals surface area contributed by atoms with E-state index in [1.807, 2.05) is 6.92 Å². The van der Waals surface area contributed by atoms with Gasteiger partial charge in [-0.05, 0) is 60.8 Å². The average molecular weight is 776 g/mol. The number of hydrogen-bond acceptors (Lipinski definition) is 14. The van der Waals surface area contributed by atoms with Crippen molar-refractivity contribution < 1.29 is 63.2 Å². The zero-order valence-corrected chi connectivity index (χ0v) is 34.5. The number of cyclic esters (lactones) is 1. The SMILES string of the molecule is CC[C@H]1OC(=O)[C@H](C)[C@@H](O[C@H]2C[C@@](C)(OC)[C@@H](O)[C@H](C)O2)[C@H](C)[C@@H](O[C@@H]2O[C@H](C)C[C@H](N(C)C(=N)N)[C@H]2O)[C@](C)(OC)C[C@@H](C)C(=O)[C@H](C)[C@@H](O)[C@]1(C)O. The molecule has 0 radical (unpaired) electrons. The van der Waals surface area contributed by atoms with Crippen molar-refractivity contribution in [2.75, 3.05) is 21.3 Å². The summed E-state index contributed by atoms with van der Waals surface area (Å²) in [6.07, 6.45) is -9.93. The van der Waals surface area contributed by atoms with Gasteiger partial charge in [0.15, 0.2) is 18.5 Å². The van der Waals surface area contributed by atoms with Crippen LogP contribution < -0.4 is 5.73 Å². The van der Waals surface area contributed by atoms with Crippen LogP contribution in [0.15, 0.2) is 0 Å². The van der Waals surface area contributed by atoms with Crippen LogP contribution in [0.5, 0.6) is 0 Å². The predicted octanol–water partition coefficient (Wildman–Crippen LogP) is 1.70. The maximum absolute atomic E-state index is 14.2. The van der Waals surface area contributed by atoms with E-state index in [1.165, 1.54) is 33.0 Å². The van der Waals surface area contributed by atoms with Crippen LogP contribution in [0.1, 0.15) is 94.9 Å². The van der Waals surface area contributed by atoms with Gasteiger partial charge in [-0.25, -0.2) is 0 Å². The Labute approximate surface area is 320 Å². The first-order chi connectivity index (χ1) is 24.9. The van der Waals surface area contributed by atoms with Crippen molar-refractivity contribution in [1.29, 1.82) is 5.41 Å². The third-order valence-electron chi connectivity index (χ3n) is 12.5. The summed E-state index contributed by atoms with van der Waals surface area (Å²) >= 11 is 0. The van der Waals surface area contributed by atoms with Gasteiger partial charge in [-0.1, -0.05) is 27.7 Å². The average Bonchev–Trinajstić information content (AvgIpc) is 3.12. The van der Waals surface area contributed by atoms with Crippen molar-refractivity contribution >= 4 is 17.7 Å². The number of hydrogen-bond donors (Lipinski definition) is 6. The Balaban J connectivity index is 2.23. The molecule has 0 aromatic carbocycles. The quantitative estimate of drug-likeness (QED) is 0.117. The minimum Gasteiger partial charge on any atom is -0.459 e. The van der Waals surface area contributed by atoms with Gasteiger partial charge in [-0.3, -0.25) is 15.0 Å². The van der Waals surface area contributed by atoms with Gasteiger partial charge in [0.2, 0.25) is 0 Å². The van der Waals surface area contributed by atoms with Gasteiger partial charge in [0, 0.05) is 45.4 Å². The van der Waals surface area contributed by atoms with E-state index in [0.717, 1.165) is 0 Å². The minimum absolute atomic E-state index is 0.0549. The number of methoxy groups -OCH3 is 2. The molecule has 3 aliphatic rings. The molecule has 0 aromatic rings. The number of likely N-dealkylation sites (N-methyl/N-ethyl adjacent to an activating group) is 1. The van der Waals surface area contributed by atoms with Crippen LogP contribution in [0.3, 0.4) is 0 Å². The molecular weight excluding hydrogens is 706 g/mol. The van der Waals surface area contributed by atoms with Crippen molar-refractivity contribution in [3.8, 4) is 0 Å². The normalized spacial score (nSPS) is 47.4. The number of esters is 1. The highest BCUT2D eigenvalue weighted by Gasteiger charge is 2.54. The first kappa shape index (κ1) is 46.4. The molecule has 54 heavy (non-hydrogen) atoms. The molecule has 0 unspecified atom stereocenters. The van der Waals surface area contributed by atoms with Crippen LogP contribution in [0.25, 0.3) is 0 Å². The molecule has 3 aliphatic heterocycles. The molecule has 16 heteroatoms. The number of ether oxygens (including phenoxy) is 7. The zero-order valence-electron chi connectivity index (χ0n) is 34.5. The molecule has 7 N–H and O–H groups in total. The summed E-state index contributed by atoms with van der Waals surface area (Å²) in [6.45, 7) is 16.7. The smallest absolute Gasteiger partial charge is 0.311 e. The Kier molecular flexibility index (Phi) is 15.5. The number of nitrogens with one attached hydrogen (secondary N) is 1. The van der Waals surface area contributed by atoms with Crippen molar-refractivity contribution in [1.82, 2.24) is 4.90 Å². The van der Waals surface area contributed by atoms with E-state index in [4.69, 9.17) is 44.3 Å². The van der Waals surface area contributed by atoms with E-state index >= 15 is 0 Å². The predicted molar refractivity (Wildman–Crippen MR) is 197 cm³/mol. The summed E-state index contributed by atoms with van der Waals surface area (Å²) in [4.78, 5) is 29.7. The van der Waals surface area contributed by atoms with Crippen LogP contribution in [-0.2, 0) is 42.7 Å². The highest BCUT2D eigenvalue weighted by molar-refractivity contribution is 5.83. The number of aliphatic hydroxyl groups excluding tert-OH is 3. The molecule has 0 saturated carbocycles. The second-order valence-electron chi connectivity index (χ2n) is 16.7. The molecule has 314 valence electrons. The lowest BCUT2D eigenvalue weighted by atomic mass is 9.74. The number of nitrogens with two attached hydrogens (primary N) is 1. The molecule has 0 spiro atoms. The molecule has 3 fully saturated rings. The lowest BCUT2D eigenvalue weighted by molar-refractivity contribution is -0.318. The van der Waals surface area contributed by atoms with Crippen molar-refractivity contribution in [2.45, 2.75) is 179 Å². The molecule has 0 bridgehead atoms. The monoisotopic (exact) mass is 775 g/mol. The lowest BCUT2D eigenvalue weighted by Gasteiger charge is -2.50.